The molecule has 1 aromatic carbocycles. The molecule has 0 radical (unpaired) electrons. The summed E-state index contributed by atoms with van der Waals surface area (Å²) in [4.78, 5) is 16.3. The summed E-state index contributed by atoms with van der Waals surface area (Å²) in [6.07, 6.45) is 2.17. The van der Waals surface area contributed by atoms with E-state index in [1.165, 1.54) is 6.33 Å². The number of rotatable bonds is 6. The Labute approximate surface area is 118 Å². The minimum absolute atomic E-state index is 0.119. The molecule has 0 aliphatic rings. The fraction of sp³-hybridized carbons (Fsp3) is 0.400. The van der Waals surface area contributed by atoms with Crippen LogP contribution in [-0.2, 0) is 17.6 Å². The third-order valence-electron chi connectivity index (χ3n) is 3.03. The Morgan fingerprint density at radius 1 is 1.35 bits per heavy atom. The summed E-state index contributed by atoms with van der Waals surface area (Å²) in [5.74, 6) is 1.60. The fourth-order valence-electron chi connectivity index (χ4n) is 2.08. The van der Waals surface area contributed by atoms with Gasteiger partial charge in [0.1, 0.15) is 23.7 Å². The van der Waals surface area contributed by atoms with Crippen molar-refractivity contribution in [3.63, 3.8) is 0 Å². The molecule has 2 aromatic rings. The number of hydrogen-bond acceptors (Lipinski definition) is 4. The molecule has 0 saturated heterocycles. The van der Waals surface area contributed by atoms with Gasteiger partial charge in [0.15, 0.2) is 0 Å². The number of methoxy groups -OCH3 is 1. The number of hydrogen-bond donors (Lipinski definition) is 0. The molecular weight excluding hydrogens is 254 g/mol. The predicted octanol–water partition coefficient (Wildman–Crippen LogP) is 2.22. The van der Waals surface area contributed by atoms with Gasteiger partial charge >= 0.3 is 0 Å². The molecule has 0 aliphatic heterocycles. The van der Waals surface area contributed by atoms with Crippen LogP contribution >= 0.6 is 0 Å². The van der Waals surface area contributed by atoms with Crippen LogP contribution in [-0.4, -0.2) is 27.7 Å². The van der Waals surface area contributed by atoms with Crippen molar-refractivity contribution < 1.29 is 9.53 Å². The second kappa shape index (κ2) is 6.32. The highest BCUT2D eigenvalue weighted by Crippen LogP contribution is 2.14. The third kappa shape index (κ3) is 3.44. The van der Waals surface area contributed by atoms with E-state index >= 15 is 0 Å². The molecule has 106 valence electrons. The average molecular weight is 273 g/mol. The molecule has 0 fully saturated rings. The van der Waals surface area contributed by atoms with Gasteiger partial charge in [-0.05, 0) is 31.5 Å². The van der Waals surface area contributed by atoms with Crippen molar-refractivity contribution >= 4 is 5.78 Å². The number of aromatic nitrogens is 3. The quantitative estimate of drug-likeness (QED) is 0.809. The molecule has 0 saturated carbocycles. The monoisotopic (exact) mass is 273 g/mol. The van der Waals surface area contributed by atoms with E-state index in [0.29, 0.717) is 18.7 Å². The van der Waals surface area contributed by atoms with Gasteiger partial charge in [-0.3, -0.25) is 4.79 Å². The van der Waals surface area contributed by atoms with Gasteiger partial charge in [-0.2, -0.15) is 5.10 Å². The van der Waals surface area contributed by atoms with Gasteiger partial charge in [0.2, 0.25) is 0 Å². The minimum Gasteiger partial charge on any atom is -0.497 e. The van der Waals surface area contributed by atoms with E-state index in [1.54, 1.807) is 11.8 Å². The van der Waals surface area contributed by atoms with Gasteiger partial charge in [0, 0.05) is 12.5 Å². The van der Waals surface area contributed by atoms with E-state index in [-0.39, 0.29) is 11.8 Å². The van der Waals surface area contributed by atoms with Crippen molar-refractivity contribution in [2.75, 3.05) is 7.11 Å². The van der Waals surface area contributed by atoms with Gasteiger partial charge in [-0.15, -0.1) is 0 Å². The topological polar surface area (TPSA) is 57.0 Å². The van der Waals surface area contributed by atoms with E-state index in [2.05, 4.69) is 10.1 Å². The second-order valence-corrected chi connectivity index (χ2v) is 4.96. The van der Waals surface area contributed by atoms with E-state index in [1.807, 2.05) is 38.1 Å². The van der Waals surface area contributed by atoms with Crippen molar-refractivity contribution in [2.45, 2.75) is 32.7 Å². The van der Waals surface area contributed by atoms with Gasteiger partial charge in [-0.25, -0.2) is 9.67 Å². The molecule has 5 heteroatoms. The van der Waals surface area contributed by atoms with Crippen molar-refractivity contribution in [3.8, 4) is 5.75 Å². The molecular formula is C15H19N3O2. The molecule has 0 amide bonds. The van der Waals surface area contributed by atoms with Crippen LogP contribution in [0.15, 0.2) is 30.6 Å². The van der Waals surface area contributed by atoms with Crippen LogP contribution in [0.1, 0.15) is 31.3 Å². The predicted molar refractivity (Wildman–Crippen MR) is 75.8 cm³/mol. The standard InChI is InChI=1S/C15H19N3O2/c1-11(2)18-15(16-10-17-18)9-13(19)7-12-5-4-6-14(8-12)20-3/h4-6,8,10-11H,7,9H2,1-3H3. The Bertz CT molecular complexity index is 590. The molecule has 2 rings (SSSR count). The lowest BCUT2D eigenvalue weighted by atomic mass is 10.1. The van der Waals surface area contributed by atoms with Crippen LogP contribution in [0.3, 0.4) is 0 Å². The molecule has 5 nitrogen and oxygen atoms in total. The highest BCUT2D eigenvalue weighted by molar-refractivity contribution is 5.82. The first-order valence-corrected chi connectivity index (χ1v) is 6.63. The van der Waals surface area contributed by atoms with Crippen molar-refractivity contribution in [1.82, 2.24) is 14.8 Å². The maximum atomic E-state index is 12.1. The number of ether oxygens (including phenoxy) is 1. The zero-order chi connectivity index (χ0) is 14.5. The van der Waals surface area contributed by atoms with Crippen LogP contribution < -0.4 is 4.74 Å². The van der Waals surface area contributed by atoms with Gasteiger partial charge in [-0.1, -0.05) is 12.1 Å². The average Bonchev–Trinajstić information content (AvgIpc) is 2.87. The molecule has 0 unspecified atom stereocenters. The number of ketones is 1. The first-order chi connectivity index (χ1) is 9.60. The molecule has 20 heavy (non-hydrogen) atoms. The van der Waals surface area contributed by atoms with Crippen LogP contribution in [0.5, 0.6) is 5.75 Å². The largest absolute Gasteiger partial charge is 0.497 e. The molecule has 0 spiro atoms. The molecule has 0 aliphatic carbocycles. The summed E-state index contributed by atoms with van der Waals surface area (Å²) < 4.78 is 6.94. The van der Waals surface area contributed by atoms with Gasteiger partial charge in [0.25, 0.3) is 0 Å². The molecule has 0 N–H and O–H groups in total. The summed E-state index contributed by atoms with van der Waals surface area (Å²) in [5.41, 5.74) is 0.949. The maximum absolute atomic E-state index is 12.1. The Morgan fingerprint density at radius 2 is 2.15 bits per heavy atom. The minimum atomic E-state index is 0.119. The van der Waals surface area contributed by atoms with Gasteiger partial charge < -0.3 is 4.74 Å². The second-order valence-electron chi connectivity index (χ2n) is 4.96. The Kier molecular flexibility index (Phi) is 4.50. The van der Waals surface area contributed by atoms with Crippen molar-refractivity contribution in [1.29, 1.82) is 0 Å². The summed E-state index contributed by atoms with van der Waals surface area (Å²) in [6, 6.07) is 7.76. The summed E-state index contributed by atoms with van der Waals surface area (Å²) in [6.45, 7) is 4.04. The van der Waals surface area contributed by atoms with Crippen LogP contribution in [0, 0.1) is 0 Å². The van der Waals surface area contributed by atoms with E-state index in [0.717, 1.165) is 11.3 Å². The molecule has 1 heterocycles. The number of nitrogens with zero attached hydrogens (tertiary/aromatic N) is 3. The summed E-state index contributed by atoms with van der Waals surface area (Å²) in [5, 5.41) is 4.14. The third-order valence-corrected chi connectivity index (χ3v) is 3.03. The van der Waals surface area contributed by atoms with Crippen LogP contribution in [0.25, 0.3) is 0 Å². The summed E-state index contributed by atoms with van der Waals surface area (Å²) >= 11 is 0. The van der Waals surface area contributed by atoms with Gasteiger partial charge in [0.05, 0.1) is 13.5 Å². The Morgan fingerprint density at radius 3 is 2.85 bits per heavy atom. The number of Topliss-reactive ketones (excluding diaryl/α,β-unsaturated/α-hetero) is 1. The zero-order valence-corrected chi connectivity index (χ0v) is 12.0. The molecule has 1 aromatic heterocycles. The highest BCUT2D eigenvalue weighted by Gasteiger charge is 2.12. The first kappa shape index (κ1) is 14.2. The summed E-state index contributed by atoms with van der Waals surface area (Å²) in [7, 11) is 1.62. The normalized spacial score (nSPS) is 10.8. The van der Waals surface area contributed by atoms with Crippen molar-refractivity contribution in [3.05, 3.63) is 42.0 Å². The molecule has 0 atom stereocenters. The SMILES string of the molecule is COc1cccc(CC(=O)Cc2ncnn2C(C)C)c1. The number of carbonyl (C=O) groups is 1. The van der Waals surface area contributed by atoms with E-state index in [9.17, 15) is 4.79 Å². The van der Waals surface area contributed by atoms with Crippen molar-refractivity contribution in [2.24, 2.45) is 0 Å². The first-order valence-electron chi connectivity index (χ1n) is 6.63. The molecule has 0 bridgehead atoms. The Balaban J connectivity index is 2.03. The lowest BCUT2D eigenvalue weighted by molar-refractivity contribution is -0.117. The smallest absolute Gasteiger partial charge is 0.144 e. The van der Waals surface area contributed by atoms with E-state index < -0.39 is 0 Å². The highest BCUT2D eigenvalue weighted by atomic mass is 16.5. The number of carbonyl (C=O) groups excluding carboxylic acids is 1. The van der Waals surface area contributed by atoms with Crippen LogP contribution in [0.4, 0.5) is 0 Å². The maximum Gasteiger partial charge on any atom is 0.144 e. The Hall–Kier alpha value is -2.17. The fourth-order valence-corrected chi connectivity index (χ4v) is 2.08. The lowest BCUT2D eigenvalue weighted by Gasteiger charge is -2.09. The van der Waals surface area contributed by atoms with Crippen LogP contribution in [0.2, 0.25) is 0 Å². The zero-order valence-electron chi connectivity index (χ0n) is 12.0. The van der Waals surface area contributed by atoms with E-state index in [4.69, 9.17) is 4.74 Å². The lowest BCUT2D eigenvalue weighted by Crippen LogP contribution is -2.14. The number of benzene rings is 1.